The second-order valence-corrected chi connectivity index (χ2v) is 6.47. The summed E-state index contributed by atoms with van der Waals surface area (Å²) in [6.45, 7) is 2.36. The number of ether oxygens (including phenoxy) is 1. The molecular weight excluding hydrogens is 283 g/mol. The molecule has 0 unspecified atom stereocenters. The first kappa shape index (κ1) is 15.4. The van der Waals surface area contributed by atoms with Gasteiger partial charge in [0.15, 0.2) is 0 Å². The van der Waals surface area contributed by atoms with E-state index in [9.17, 15) is 12.8 Å². The minimum atomic E-state index is -3.75. The smallest absolute Gasteiger partial charge is 0.241 e. The van der Waals surface area contributed by atoms with Crippen molar-refractivity contribution >= 4 is 10.0 Å². The van der Waals surface area contributed by atoms with Crippen LogP contribution in [-0.4, -0.2) is 27.2 Å². The van der Waals surface area contributed by atoms with E-state index in [4.69, 9.17) is 10.5 Å². The highest BCUT2D eigenvalue weighted by Gasteiger charge is 2.33. The zero-order valence-electron chi connectivity index (χ0n) is 11.3. The van der Waals surface area contributed by atoms with E-state index in [1.54, 1.807) is 0 Å². The Labute approximate surface area is 118 Å². The van der Waals surface area contributed by atoms with Crippen molar-refractivity contribution < 1.29 is 17.5 Å². The van der Waals surface area contributed by atoms with Crippen LogP contribution in [0.15, 0.2) is 23.1 Å². The van der Waals surface area contributed by atoms with Crippen LogP contribution < -0.4 is 10.5 Å². The standard InChI is InChI=1S/C13H19FN2O3S/c1-2-19-10-6-9(7-10)16-20(17,18)13-5-3-4-12(14)11(13)8-15/h3-5,9-10,16H,2,6-8,15H2,1H3. The molecule has 1 aliphatic rings. The summed E-state index contributed by atoms with van der Waals surface area (Å²) < 4.78 is 46.0. The lowest BCUT2D eigenvalue weighted by Gasteiger charge is -2.35. The van der Waals surface area contributed by atoms with Crippen LogP contribution in [0.2, 0.25) is 0 Å². The SMILES string of the molecule is CCOC1CC(NS(=O)(=O)c2cccc(F)c2CN)C1. The highest BCUT2D eigenvalue weighted by atomic mass is 32.2. The minimum Gasteiger partial charge on any atom is -0.378 e. The van der Waals surface area contributed by atoms with Crippen LogP contribution in [0.5, 0.6) is 0 Å². The van der Waals surface area contributed by atoms with Gasteiger partial charge in [0.25, 0.3) is 0 Å². The summed E-state index contributed by atoms with van der Waals surface area (Å²) in [5, 5.41) is 0. The van der Waals surface area contributed by atoms with Gasteiger partial charge < -0.3 is 10.5 Å². The van der Waals surface area contributed by atoms with Gasteiger partial charge in [0.1, 0.15) is 5.82 Å². The van der Waals surface area contributed by atoms with Crippen molar-refractivity contribution in [2.45, 2.75) is 43.4 Å². The lowest BCUT2D eigenvalue weighted by Crippen LogP contribution is -2.47. The van der Waals surface area contributed by atoms with Gasteiger partial charge in [-0.25, -0.2) is 17.5 Å². The third kappa shape index (κ3) is 3.17. The molecule has 0 amide bonds. The van der Waals surface area contributed by atoms with E-state index < -0.39 is 15.8 Å². The Morgan fingerprint density at radius 2 is 2.15 bits per heavy atom. The van der Waals surface area contributed by atoms with Crippen LogP contribution in [0.1, 0.15) is 25.3 Å². The molecule has 1 aromatic rings. The van der Waals surface area contributed by atoms with Crippen LogP contribution in [0.4, 0.5) is 4.39 Å². The molecule has 0 spiro atoms. The molecule has 0 atom stereocenters. The van der Waals surface area contributed by atoms with Crippen molar-refractivity contribution in [3.8, 4) is 0 Å². The molecule has 0 aromatic heterocycles. The molecule has 3 N–H and O–H groups in total. The van der Waals surface area contributed by atoms with Gasteiger partial charge in [-0.1, -0.05) is 6.07 Å². The highest BCUT2D eigenvalue weighted by molar-refractivity contribution is 7.89. The van der Waals surface area contributed by atoms with Crippen LogP contribution >= 0.6 is 0 Å². The molecule has 1 aromatic carbocycles. The summed E-state index contributed by atoms with van der Waals surface area (Å²) in [5.41, 5.74) is 5.45. The largest absolute Gasteiger partial charge is 0.378 e. The molecule has 0 bridgehead atoms. The number of hydrogen-bond acceptors (Lipinski definition) is 4. The van der Waals surface area contributed by atoms with E-state index in [1.165, 1.54) is 18.2 Å². The van der Waals surface area contributed by atoms with Crippen molar-refractivity contribution in [2.24, 2.45) is 5.73 Å². The molecule has 7 heteroatoms. The normalized spacial score (nSPS) is 22.6. The number of benzene rings is 1. The van der Waals surface area contributed by atoms with Gasteiger partial charge in [0, 0.05) is 24.8 Å². The summed E-state index contributed by atoms with van der Waals surface area (Å²) in [6.07, 6.45) is 1.38. The van der Waals surface area contributed by atoms with Crippen molar-refractivity contribution in [3.05, 3.63) is 29.6 Å². The fourth-order valence-electron chi connectivity index (χ4n) is 2.31. The maximum Gasteiger partial charge on any atom is 0.241 e. The third-order valence-electron chi connectivity index (χ3n) is 3.39. The molecule has 1 fully saturated rings. The maximum absolute atomic E-state index is 13.6. The van der Waals surface area contributed by atoms with Crippen molar-refractivity contribution in [2.75, 3.05) is 6.61 Å². The molecule has 0 aliphatic heterocycles. The molecule has 2 rings (SSSR count). The number of nitrogens with one attached hydrogen (secondary N) is 1. The average Bonchev–Trinajstić information content (AvgIpc) is 2.36. The van der Waals surface area contributed by atoms with Gasteiger partial charge in [-0.2, -0.15) is 0 Å². The van der Waals surface area contributed by atoms with Gasteiger partial charge in [-0.05, 0) is 31.9 Å². The van der Waals surface area contributed by atoms with Gasteiger partial charge in [0.05, 0.1) is 11.0 Å². The van der Waals surface area contributed by atoms with E-state index in [1.807, 2.05) is 6.92 Å². The van der Waals surface area contributed by atoms with Gasteiger partial charge in [0.2, 0.25) is 10.0 Å². The Bertz CT molecular complexity index is 571. The fraction of sp³-hybridized carbons (Fsp3) is 0.538. The molecule has 1 saturated carbocycles. The Balaban J connectivity index is 2.10. The van der Waals surface area contributed by atoms with Crippen molar-refractivity contribution in [3.63, 3.8) is 0 Å². The van der Waals surface area contributed by atoms with Gasteiger partial charge in [-0.15, -0.1) is 0 Å². The van der Waals surface area contributed by atoms with Gasteiger partial charge >= 0.3 is 0 Å². The van der Waals surface area contributed by atoms with Crippen LogP contribution in [0, 0.1) is 5.82 Å². The predicted octanol–water partition coefficient (Wildman–Crippen LogP) is 1.13. The molecule has 20 heavy (non-hydrogen) atoms. The zero-order valence-corrected chi connectivity index (χ0v) is 12.1. The number of hydrogen-bond donors (Lipinski definition) is 2. The van der Waals surface area contributed by atoms with E-state index in [-0.39, 0.29) is 29.1 Å². The first-order valence-electron chi connectivity index (χ1n) is 6.59. The Kier molecular flexibility index (Phi) is 4.74. The molecule has 0 radical (unpaired) electrons. The number of nitrogens with two attached hydrogens (primary N) is 1. The second-order valence-electron chi connectivity index (χ2n) is 4.79. The molecule has 5 nitrogen and oxygen atoms in total. The summed E-state index contributed by atoms with van der Waals surface area (Å²) in [5.74, 6) is -0.601. The zero-order chi connectivity index (χ0) is 14.8. The quantitative estimate of drug-likeness (QED) is 0.825. The second kappa shape index (κ2) is 6.17. The monoisotopic (exact) mass is 302 g/mol. The number of halogens is 1. The molecule has 1 aliphatic carbocycles. The lowest BCUT2D eigenvalue weighted by atomic mass is 9.90. The fourth-order valence-corrected chi connectivity index (χ4v) is 3.83. The first-order chi connectivity index (χ1) is 9.47. The van der Waals surface area contributed by atoms with E-state index in [2.05, 4.69) is 4.72 Å². The summed E-state index contributed by atoms with van der Waals surface area (Å²) >= 11 is 0. The molecular formula is C13H19FN2O3S. The van der Waals surface area contributed by atoms with Gasteiger partial charge in [-0.3, -0.25) is 0 Å². The minimum absolute atomic E-state index is 0.0145. The average molecular weight is 302 g/mol. The van der Waals surface area contributed by atoms with Crippen LogP contribution in [-0.2, 0) is 21.3 Å². The maximum atomic E-state index is 13.6. The Hall–Kier alpha value is -1.02. The van der Waals surface area contributed by atoms with Crippen molar-refractivity contribution in [1.82, 2.24) is 4.72 Å². The Morgan fingerprint density at radius 1 is 1.45 bits per heavy atom. The summed E-state index contributed by atoms with van der Waals surface area (Å²) in [7, 11) is -3.75. The topological polar surface area (TPSA) is 81.4 Å². The van der Waals surface area contributed by atoms with Crippen molar-refractivity contribution in [1.29, 1.82) is 0 Å². The van der Waals surface area contributed by atoms with Crippen LogP contribution in [0.3, 0.4) is 0 Å². The predicted molar refractivity (Wildman–Crippen MR) is 73.0 cm³/mol. The number of rotatable bonds is 6. The Morgan fingerprint density at radius 3 is 2.75 bits per heavy atom. The summed E-state index contributed by atoms with van der Waals surface area (Å²) in [6, 6.07) is 3.78. The molecule has 0 saturated heterocycles. The molecule has 112 valence electrons. The van der Waals surface area contributed by atoms with E-state index in [0.29, 0.717) is 19.4 Å². The van der Waals surface area contributed by atoms with E-state index in [0.717, 1.165) is 0 Å². The molecule has 0 heterocycles. The first-order valence-corrected chi connectivity index (χ1v) is 8.07. The lowest BCUT2D eigenvalue weighted by molar-refractivity contribution is -0.00476. The summed E-state index contributed by atoms with van der Waals surface area (Å²) in [4.78, 5) is -0.0835. The number of sulfonamides is 1. The van der Waals surface area contributed by atoms with E-state index >= 15 is 0 Å². The third-order valence-corrected chi connectivity index (χ3v) is 4.99. The van der Waals surface area contributed by atoms with Crippen LogP contribution in [0.25, 0.3) is 0 Å². The highest BCUT2D eigenvalue weighted by Crippen LogP contribution is 2.26.